The molecule has 1 saturated heterocycles. The average Bonchev–Trinajstić information content (AvgIpc) is 2.34. The van der Waals surface area contributed by atoms with Crippen molar-refractivity contribution in [2.45, 2.75) is 36.2 Å². The maximum absolute atomic E-state index is 13.7. The van der Waals surface area contributed by atoms with E-state index in [0.29, 0.717) is 13.1 Å². The Labute approximate surface area is 123 Å². The van der Waals surface area contributed by atoms with E-state index in [2.05, 4.69) is 0 Å². The molecule has 0 bridgehead atoms. The fourth-order valence-electron chi connectivity index (χ4n) is 2.30. The van der Waals surface area contributed by atoms with E-state index in [9.17, 15) is 12.8 Å². The Kier molecular flexibility index (Phi) is 4.32. The van der Waals surface area contributed by atoms with Crippen LogP contribution in [0.1, 0.15) is 19.4 Å². The molecule has 7 heteroatoms. The fourth-order valence-corrected chi connectivity index (χ4v) is 5.48. The van der Waals surface area contributed by atoms with Crippen LogP contribution in [0.2, 0.25) is 0 Å². The molecule has 112 valence electrons. The largest absolute Gasteiger partial charge is 0.398 e. The third-order valence-corrected chi connectivity index (χ3v) is 6.42. The number of rotatable bonds is 2. The van der Waals surface area contributed by atoms with E-state index >= 15 is 0 Å². The molecule has 2 N–H and O–H groups in total. The molecule has 1 fully saturated rings. The van der Waals surface area contributed by atoms with E-state index in [1.807, 2.05) is 13.8 Å². The minimum absolute atomic E-state index is 0.0654. The summed E-state index contributed by atoms with van der Waals surface area (Å²) in [5.41, 5.74) is 6.12. The molecule has 0 spiro atoms. The highest BCUT2D eigenvalue weighted by Gasteiger charge is 2.32. The Hall–Kier alpha value is -0.790. The number of nitrogens with two attached hydrogens (primary N) is 1. The lowest BCUT2D eigenvalue weighted by atomic mass is 10.2. The lowest BCUT2D eigenvalue weighted by Gasteiger charge is -2.33. The molecule has 0 saturated carbocycles. The maximum atomic E-state index is 13.7. The molecule has 4 nitrogen and oxygen atoms in total. The lowest BCUT2D eigenvalue weighted by molar-refractivity contribution is 0.404. The first-order valence-electron chi connectivity index (χ1n) is 6.43. The molecule has 1 aromatic rings. The number of nitrogens with zero attached hydrogens (tertiary/aromatic N) is 1. The zero-order valence-electron chi connectivity index (χ0n) is 11.8. The molecule has 0 aliphatic carbocycles. The van der Waals surface area contributed by atoms with Crippen molar-refractivity contribution in [1.82, 2.24) is 4.31 Å². The SMILES string of the molecule is Cc1c(N)cc(S(=O)(=O)N2CC(C)SC(C)C2)cc1F. The summed E-state index contributed by atoms with van der Waals surface area (Å²) in [6, 6.07) is 2.39. The first-order valence-corrected chi connectivity index (χ1v) is 8.81. The van der Waals surface area contributed by atoms with Gasteiger partial charge in [0.15, 0.2) is 0 Å². The number of hydrogen-bond acceptors (Lipinski definition) is 4. The highest BCUT2D eigenvalue weighted by atomic mass is 32.2. The van der Waals surface area contributed by atoms with Crippen molar-refractivity contribution in [3.63, 3.8) is 0 Å². The first kappa shape index (κ1) is 15.6. The highest BCUT2D eigenvalue weighted by Crippen LogP contribution is 2.30. The summed E-state index contributed by atoms with van der Waals surface area (Å²) < 4.78 is 40.3. The van der Waals surface area contributed by atoms with Gasteiger partial charge in [-0.05, 0) is 19.1 Å². The van der Waals surface area contributed by atoms with Gasteiger partial charge in [-0.25, -0.2) is 12.8 Å². The van der Waals surface area contributed by atoms with Gasteiger partial charge in [-0.2, -0.15) is 16.1 Å². The molecular formula is C13H19FN2O2S2. The predicted octanol–water partition coefficient (Wildman–Crippen LogP) is 2.23. The summed E-state index contributed by atoms with van der Waals surface area (Å²) >= 11 is 1.76. The zero-order valence-corrected chi connectivity index (χ0v) is 13.4. The molecule has 1 aromatic carbocycles. The van der Waals surface area contributed by atoms with E-state index in [0.717, 1.165) is 6.07 Å². The smallest absolute Gasteiger partial charge is 0.243 e. The van der Waals surface area contributed by atoms with Crippen molar-refractivity contribution < 1.29 is 12.8 Å². The maximum Gasteiger partial charge on any atom is 0.243 e. The summed E-state index contributed by atoms with van der Waals surface area (Å²) in [7, 11) is -3.69. The number of hydrogen-bond donors (Lipinski definition) is 1. The molecule has 1 heterocycles. The summed E-state index contributed by atoms with van der Waals surface area (Å²) in [5.74, 6) is -0.587. The van der Waals surface area contributed by atoms with E-state index < -0.39 is 15.8 Å². The van der Waals surface area contributed by atoms with Crippen molar-refractivity contribution in [3.8, 4) is 0 Å². The van der Waals surface area contributed by atoms with Gasteiger partial charge >= 0.3 is 0 Å². The molecule has 2 atom stereocenters. The molecule has 2 unspecified atom stereocenters. The van der Waals surface area contributed by atoms with Crippen LogP contribution in [0.5, 0.6) is 0 Å². The van der Waals surface area contributed by atoms with E-state index in [1.165, 1.54) is 17.3 Å². The van der Waals surface area contributed by atoms with Crippen LogP contribution in [-0.4, -0.2) is 36.3 Å². The summed E-state index contributed by atoms with van der Waals surface area (Å²) in [6.45, 7) is 6.39. The van der Waals surface area contributed by atoms with Crippen molar-refractivity contribution in [2.75, 3.05) is 18.8 Å². The van der Waals surface area contributed by atoms with Gasteiger partial charge in [0, 0.05) is 34.8 Å². The summed E-state index contributed by atoms with van der Waals surface area (Å²) in [6.07, 6.45) is 0. The van der Waals surface area contributed by atoms with Crippen LogP contribution in [-0.2, 0) is 10.0 Å². The van der Waals surface area contributed by atoms with Crippen LogP contribution in [0.15, 0.2) is 17.0 Å². The van der Waals surface area contributed by atoms with Crippen molar-refractivity contribution in [1.29, 1.82) is 0 Å². The molecule has 1 aliphatic rings. The second-order valence-electron chi connectivity index (χ2n) is 5.20. The van der Waals surface area contributed by atoms with E-state index in [-0.39, 0.29) is 26.6 Å². The number of sulfonamides is 1. The van der Waals surface area contributed by atoms with Crippen molar-refractivity contribution >= 4 is 27.5 Å². The zero-order chi connectivity index (χ0) is 15.1. The minimum Gasteiger partial charge on any atom is -0.398 e. The monoisotopic (exact) mass is 318 g/mol. The third-order valence-electron chi connectivity index (χ3n) is 3.38. The Balaban J connectivity index is 2.40. The van der Waals surface area contributed by atoms with Gasteiger partial charge in [-0.15, -0.1) is 0 Å². The standard InChI is InChI=1S/C13H19FN2O2S2/c1-8-6-16(7-9(2)19-8)20(17,18)11-4-12(14)10(3)13(15)5-11/h4-5,8-9H,6-7,15H2,1-3H3. The lowest BCUT2D eigenvalue weighted by Crippen LogP contribution is -2.43. The molecule has 20 heavy (non-hydrogen) atoms. The van der Waals surface area contributed by atoms with Gasteiger partial charge in [-0.1, -0.05) is 13.8 Å². The molecule has 2 rings (SSSR count). The van der Waals surface area contributed by atoms with Gasteiger partial charge in [0.2, 0.25) is 10.0 Å². The Morgan fingerprint density at radius 1 is 1.30 bits per heavy atom. The van der Waals surface area contributed by atoms with Gasteiger partial charge < -0.3 is 5.73 Å². The third kappa shape index (κ3) is 2.94. The van der Waals surface area contributed by atoms with Gasteiger partial charge in [0.1, 0.15) is 5.82 Å². The van der Waals surface area contributed by atoms with Crippen LogP contribution in [0, 0.1) is 12.7 Å². The molecule has 0 aromatic heterocycles. The number of thioether (sulfide) groups is 1. The van der Waals surface area contributed by atoms with Crippen LogP contribution in [0.25, 0.3) is 0 Å². The molecule has 1 aliphatic heterocycles. The predicted molar refractivity (Wildman–Crippen MR) is 80.8 cm³/mol. The van der Waals surface area contributed by atoms with E-state index in [4.69, 9.17) is 5.73 Å². The van der Waals surface area contributed by atoms with Crippen LogP contribution >= 0.6 is 11.8 Å². The number of nitrogen functional groups attached to an aromatic ring is 1. The number of halogens is 1. The van der Waals surface area contributed by atoms with Crippen molar-refractivity contribution in [3.05, 3.63) is 23.5 Å². The highest BCUT2D eigenvalue weighted by molar-refractivity contribution is 8.00. The number of anilines is 1. The minimum atomic E-state index is -3.69. The van der Waals surface area contributed by atoms with Crippen LogP contribution in [0.4, 0.5) is 10.1 Å². The van der Waals surface area contributed by atoms with Crippen molar-refractivity contribution in [2.24, 2.45) is 0 Å². The van der Waals surface area contributed by atoms with Crippen LogP contribution < -0.4 is 5.73 Å². The Bertz CT molecular complexity index is 586. The molecule has 0 amide bonds. The summed E-state index contributed by atoms with van der Waals surface area (Å²) in [4.78, 5) is -0.0654. The van der Waals surface area contributed by atoms with E-state index in [1.54, 1.807) is 11.8 Å². The molecule has 0 radical (unpaired) electrons. The Morgan fingerprint density at radius 2 is 1.85 bits per heavy atom. The normalized spacial score (nSPS) is 24.8. The quantitative estimate of drug-likeness (QED) is 0.849. The van der Waals surface area contributed by atoms with Gasteiger partial charge in [0.05, 0.1) is 4.90 Å². The second-order valence-corrected chi connectivity index (χ2v) is 9.02. The van der Waals surface area contributed by atoms with Gasteiger partial charge in [0.25, 0.3) is 0 Å². The topological polar surface area (TPSA) is 63.4 Å². The molecular weight excluding hydrogens is 299 g/mol. The second kappa shape index (κ2) is 5.54. The number of benzene rings is 1. The first-order chi connectivity index (χ1) is 9.21. The van der Waals surface area contributed by atoms with Gasteiger partial charge in [-0.3, -0.25) is 0 Å². The fraction of sp³-hybridized carbons (Fsp3) is 0.538. The Morgan fingerprint density at radius 3 is 2.35 bits per heavy atom. The summed E-state index contributed by atoms with van der Waals surface area (Å²) in [5, 5.41) is 0.447. The van der Waals surface area contributed by atoms with Crippen LogP contribution in [0.3, 0.4) is 0 Å². The average molecular weight is 318 g/mol.